The average molecular weight is 181 g/mol. The molecule has 0 saturated carbocycles. The molecule has 2 atom stereocenters. The minimum absolute atomic E-state index is 0.172. The molecule has 0 spiro atoms. The van der Waals surface area contributed by atoms with Gasteiger partial charge in [-0.2, -0.15) is 0 Å². The maximum atomic E-state index is 10.6. The van der Waals surface area contributed by atoms with Gasteiger partial charge in [0.15, 0.2) is 0 Å². The largest absolute Gasteiger partial charge is 0.478 e. The Bertz CT molecular complexity index is 306. The van der Waals surface area contributed by atoms with Crippen LogP contribution in [0.2, 0.25) is 0 Å². The summed E-state index contributed by atoms with van der Waals surface area (Å²) in [5.74, 6) is -0.693. The minimum atomic E-state index is -0.866. The van der Waals surface area contributed by atoms with Gasteiger partial charge >= 0.3 is 5.97 Å². The van der Waals surface area contributed by atoms with Crippen molar-refractivity contribution in [2.24, 2.45) is 10.3 Å². The van der Waals surface area contributed by atoms with E-state index in [2.05, 4.69) is 4.40 Å². The van der Waals surface area contributed by atoms with Crippen LogP contribution in [0.5, 0.6) is 0 Å². The molecule has 0 radical (unpaired) electrons. The lowest BCUT2D eigenvalue weighted by atomic mass is 9.97. The van der Waals surface area contributed by atoms with Crippen molar-refractivity contribution < 1.29 is 9.90 Å². The zero-order chi connectivity index (χ0) is 8.55. The monoisotopic (exact) mass is 181 g/mol. The number of carboxylic acids is 1. The number of carboxylic acid groups (broad SMARTS) is 1. The lowest BCUT2D eigenvalue weighted by Gasteiger charge is -2.13. The van der Waals surface area contributed by atoms with Gasteiger partial charge in [-0.3, -0.25) is 0 Å². The van der Waals surface area contributed by atoms with Gasteiger partial charge in [0.25, 0.3) is 0 Å². The fourth-order valence-electron chi connectivity index (χ4n) is 1.24. The summed E-state index contributed by atoms with van der Waals surface area (Å²) in [4.78, 5) is 10.6. The number of aliphatic carboxylic acids is 1. The van der Waals surface area contributed by atoms with E-state index in [1.54, 1.807) is 18.4 Å². The molecule has 2 aliphatic rings. The lowest BCUT2D eigenvalue weighted by molar-refractivity contribution is -0.132. The number of fused-ring (bicyclic) bond motifs is 1. The number of nitrogens with zero attached hydrogens (tertiary/aromatic N) is 1. The van der Waals surface area contributed by atoms with Crippen molar-refractivity contribution in [1.29, 1.82) is 0 Å². The van der Waals surface area contributed by atoms with Crippen LogP contribution in [0, 0.1) is 5.92 Å². The highest BCUT2D eigenvalue weighted by atomic mass is 32.2. The van der Waals surface area contributed by atoms with E-state index in [1.807, 2.05) is 6.08 Å². The van der Waals surface area contributed by atoms with Gasteiger partial charge in [0.1, 0.15) is 0 Å². The highest BCUT2D eigenvalue weighted by molar-refractivity contribution is 7.99. The zero-order valence-electron chi connectivity index (χ0n) is 6.18. The Balaban J connectivity index is 2.25. The van der Waals surface area contributed by atoms with Crippen molar-refractivity contribution in [3.63, 3.8) is 0 Å². The second-order valence-electron chi connectivity index (χ2n) is 2.69. The third-order valence-electron chi connectivity index (χ3n) is 1.88. The van der Waals surface area contributed by atoms with Crippen LogP contribution in [0.4, 0.5) is 0 Å². The van der Waals surface area contributed by atoms with E-state index in [9.17, 15) is 4.79 Å². The quantitative estimate of drug-likeness (QED) is 0.620. The molecule has 2 unspecified atom stereocenters. The molecule has 1 aliphatic heterocycles. The van der Waals surface area contributed by atoms with Crippen molar-refractivity contribution >= 4 is 24.1 Å². The Kier molecular flexibility index (Phi) is 1.77. The summed E-state index contributed by atoms with van der Waals surface area (Å²) in [6.07, 6.45) is 7.08. The van der Waals surface area contributed by atoms with Gasteiger partial charge in [-0.05, 0) is 11.9 Å². The van der Waals surface area contributed by atoms with Crippen molar-refractivity contribution in [3.05, 3.63) is 23.8 Å². The summed E-state index contributed by atoms with van der Waals surface area (Å²) in [5, 5.41) is 9.00. The Hall–Kier alpha value is -1.03. The highest BCUT2D eigenvalue weighted by Gasteiger charge is 2.25. The topological polar surface area (TPSA) is 49.7 Å². The number of allylic oxidation sites excluding steroid dienone is 1. The molecule has 0 amide bonds. The maximum absolute atomic E-state index is 10.6. The molecule has 1 heterocycles. The molecular formula is C8H7NO2S. The highest BCUT2D eigenvalue weighted by Crippen LogP contribution is 2.32. The summed E-state index contributed by atoms with van der Waals surface area (Å²) >= 11 is 1.49. The van der Waals surface area contributed by atoms with E-state index in [1.165, 1.54) is 11.9 Å². The second-order valence-corrected chi connectivity index (χ2v) is 3.65. The van der Waals surface area contributed by atoms with Crippen molar-refractivity contribution in [3.8, 4) is 0 Å². The fourth-order valence-corrected chi connectivity index (χ4v) is 2.03. The molecule has 1 aliphatic carbocycles. The molecule has 2 rings (SSSR count). The molecule has 0 bridgehead atoms. The molecule has 0 aromatic carbocycles. The van der Waals surface area contributed by atoms with E-state index in [4.69, 9.17) is 5.11 Å². The first-order valence-corrected chi connectivity index (χ1v) is 4.43. The predicted molar refractivity (Wildman–Crippen MR) is 48.2 cm³/mol. The number of hydrogen-bond acceptors (Lipinski definition) is 3. The summed E-state index contributed by atoms with van der Waals surface area (Å²) in [5.41, 5.74) is 0.366. The first-order valence-electron chi connectivity index (χ1n) is 3.60. The molecule has 1 N–H and O–H groups in total. The Morgan fingerprint density at radius 3 is 3.25 bits per heavy atom. The Labute approximate surface area is 74.0 Å². The van der Waals surface area contributed by atoms with Crippen LogP contribution in [0.15, 0.2) is 28.2 Å². The lowest BCUT2D eigenvalue weighted by Crippen LogP contribution is -2.15. The van der Waals surface area contributed by atoms with E-state index >= 15 is 0 Å². The Morgan fingerprint density at radius 1 is 1.67 bits per heavy atom. The van der Waals surface area contributed by atoms with Crippen molar-refractivity contribution in [1.82, 2.24) is 0 Å². The van der Waals surface area contributed by atoms with Gasteiger partial charge in [-0.1, -0.05) is 18.2 Å². The first kappa shape index (κ1) is 7.61. The zero-order valence-corrected chi connectivity index (χ0v) is 6.99. The van der Waals surface area contributed by atoms with Crippen LogP contribution < -0.4 is 0 Å². The minimum Gasteiger partial charge on any atom is -0.478 e. The SMILES string of the molecule is O=C(O)C1=CC2C=NSC2C=C1. The van der Waals surface area contributed by atoms with Crippen molar-refractivity contribution in [2.75, 3.05) is 0 Å². The van der Waals surface area contributed by atoms with Crippen LogP contribution in [-0.4, -0.2) is 22.5 Å². The van der Waals surface area contributed by atoms with E-state index in [0.29, 0.717) is 10.8 Å². The molecule has 62 valence electrons. The third-order valence-corrected chi connectivity index (χ3v) is 2.84. The third kappa shape index (κ3) is 1.18. The molecule has 4 heteroatoms. The van der Waals surface area contributed by atoms with Crippen LogP contribution in [-0.2, 0) is 4.79 Å². The predicted octanol–water partition coefficient (Wildman–Crippen LogP) is 1.28. The number of rotatable bonds is 1. The van der Waals surface area contributed by atoms with Gasteiger partial charge < -0.3 is 5.11 Å². The Morgan fingerprint density at radius 2 is 2.50 bits per heavy atom. The number of hydrogen-bond donors (Lipinski definition) is 1. The smallest absolute Gasteiger partial charge is 0.335 e. The van der Waals surface area contributed by atoms with E-state index in [-0.39, 0.29) is 5.92 Å². The van der Waals surface area contributed by atoms with Crippen LogP contribution in [0.25, 0.3) is 0 Å². The van der Waals surface area contributed by atoms with Gasteiger partial charge in [-0.15, -0.1) is 0 Å². The van der Waals surface area contributed by atoms with Crippen LogP contribution >= 0.6 is 11.9 Å². The molecule has 0 aromatic rings. The maximum Gasteiger partial charge on any atom is 0.335 e. The first-order chi connectivity index (χ1) is 5.77. The fraction of sp³-hybridized carbons (Fsp3) is 0.250. The molecule has 3 nitrogen and oxygen atoms in total. The second kappa shape index (κ2) is 2.79. The molecule has 0 fully saturated rings. The summed E-state index contributed by atoms with van der Waals surface area (Å²) < 4.78 is 4.02. The van der Waals surface area contributed by atoms with Crippen LogP contribution in [0.3, 0.4) is 0 Å². The van der Waals surface area contributed by atoms with E-state index in [0.717, 1.165) is 0 Å². The van der Waals surface area contributed by atoms with Gasteiger partial charge in [-0.25, -0.2) is 9.19 Å². The van der Waals surface area contributed by atoms with E-state index < -0.39 is 5.97 Å². The molecule has 0 saturated heterocycles. The van der Waals surface area contributed by atoms with Gasteiger partial charge in [0, 0.05) is 12.1 Å². The van der Waals surface area contributed by atoms with Gasteiger partial charge in [0.05, 0.1) is 10.8 Å². The molecular weight excluding hydrogens is 174 g/mol. The molecule has 12 heavy (non-hydrogen) atoms. The normalized spacial score (nSPS) is 31.5. The molecule has 0 aromatic heterocycles. The summed E-state index contributed by atoms with van der Waals surface area (Å²) in [6.45, 7) is 0. The summed E-state index contributed by atoms with van der Waals surface area (Å²) in [7, 11) is 0. The number of carbonyl (C=O) groups is 1. The van der Waals surface area contributed by atoms with Gasteiger partial charge in [0.2, 0.25) is 0 Å². The summed E-state index contributed by atoms with van der Waals surface area (Å²) in [6, 6.07) is 0. The van der Waals surface area contributed by atoms with Crippen LogP contribution in [0.1, 0.15) is 0 Å². The standard InChI is InChI=1S/C8H7NO2S/c10-8(11)5-1-2-7-6(3-5)4-9-12-7/h1-4,6-7H,(H,10,11). The average Bonchev–Trinajstić information content (AvgIpc) is 2.49. The van der Waals surface area contributed by atoms with Crippen molar-refractivity contribution in [2.45, 2.75) is 5.25 Å².